The molecule has 0 aliphatic rings. The van der Waals surface area contributed by atoms with Gasteiger partial charge < -0.3 is 10.6 Å². The molecule has 2 N–H and O–H groups in total. The highest BCUT2D eigenvalue weighted by Gasteiger charge is 2.04. The summed E-state index contributed by atoms with van der Waals surface area (Å²) >= 11 is 0. The topological polar surface area (TPSA) is 60.2 Å². The van der Waals surface area contributed by atoms with Crippen LogP contribution < -0.4 is 10.6 Å². The van der Waals surface area contributed by atoms with E-state index in [1.165, 1.54) is 12.8 Å². The molecule has 0 saturated carbocycles. The Labute approximate surface area is 128 Å². The van der Waals surface area contributed by atoms with Crippen molar-refractivity contribution in [3.8, 4) is 6.07 Å². The summed E-state index contributed by atoms with van der Waals surface area (Å²) in [6, 6.07) is 9.74. The van der Waals surface area contributed by atoms with Crippen molar-refractivity contribution in [2.75, 3.05) is 13.1 Å². The van der Waals surface area contributed by atoms with Crippen molar-refractivity contribution in [3.05, 3.63) is 35.4 Å². The van der Waals surface area contributed by atoms with E-state index in [1.807, 2.05) is 24.3 Å². The number of guanidine groups is 1. The summed E-state index contributed by atoms with van der Waals surface area (Å²) in [5, 5.41) is 15.6. The molecule has 1 rings (SSSR count). The number of rotatable bonds is 7. The lowest BCUT2D eigenvalue weighted by atomic mass is 10.0. The molecule has 0 saturated heterocycles. The fourth-order valence-corrected chi connectivity index (χ4v) is 2.07. The van der Waals surface area contributed by atoms with Crippen LogP contribution in [-0.4, -0.2) is 19.0 Å². The Kier molecular flexibility index (Phi) is 7.96. The lowest BCUT2D eigenvalue weighted by Gasteiger charge is -2.16. The molecule has 0 aliphatic heterocycles. The second-order valence-electron chi connectivity index (χ2n) is 5.07. The van der Waals surface area contributed by atoms with E-state index in [0.29, 0.717) is 18.0 Å². The lowest BCUT2D eigenvalue weighted by Crippen LogP contribution is -2.39. The fourth-order valence-electron chi connectivity index (χ4n) is 2.07. The molecule has 0 aliphatic carbocycles. The van der Waals surface area contributed by atoms with Gasteiger partial charge in [0.05, 0.1) is 18.2 Å². The van der Waals surface area contributed by atoms with Crippen molar-refractivity contribution in [2.24, 2.45) is 10.9 Å². The molecule has 0 radical (unpaired) electrons. The fraction of sp³-hybridized carbons (Fsp3) is 0.529. The summed E-state index contributed by atoms with van der Waals surface area (Å²) in [6.07, 6.45) is 2.35. The maximum Gasteiger partial charge on any atom is 0.191 e. The number of benzene rings is 1. The Balaban J connectivity index is 2.64. The van der Waals surface area contributed by atoms with Gasteiger partial charge in [0.25, 0.3) is 0 Å². The van der Waals surface area contributed by atoms with Gasteiger partial charge >= 0.3 is 0 Å². The van der Waals surface area contributed by atoms with Gasteiger partial charge in [0.1, 0.15) is 0 Å². The molecule has 0 fully saturated rings. The molecule has 0 unspecified atom stereocenters. The Morgan fingerprint density at radius 3 is 2.62 bits per heavy atom. The van der Waals surface area contributed by atoms with Crippen LogP contribution >= 0.6 is 0 Å². The molecule has 0 heterocycles. The van der Waals surface area contributed by atoms with Crippen LogP contribution in [0.15, 0.2) is 29.3 Å². The van der Waals surface area contributed by atoms with Gasteiger partial charge in [0.2, 0.25) is 0 Å². The van der Waals surface area contributed by atoms with Crippen LogP contribution in [0.2, 0.25) is 0 Å². The van der Waals surface area contributed by atoms with Gasteiger partial charge in [-0.25, -0.2) is 4.99 Å². The van der Waals surface area contributed by atoms with Crippen molar-refractivity contribution in [1.29, 1.82) is 5.26 Å². The van der Waals surface area contributed by atoms with E-state index in [2.05, 4.69) is 42.5 Å². The molecule has 0 bridgehead atoms. The predicted molar refractivity (Wildman–Crippen MR) is 88.0 cm³/mol. The molecule has 0 amide bonds. The summed E-state index contributed by atoms with van der Waals surface area (Å²) in [5.74, 6) is 1.52. The van der Waals surface area contributed by atoms with Gasteiger partial charge in [-0.15, -0.1) is 0 Å². The van der Waals surface area contributed by atoms with E-state index in [-0.39, 0.29) is 0 Å². The van der Waals surface area contributed by atoms with E-state index in [1.54, 1.807) is 0 Å². The van der Waals surface area contributed by atoms with Crippen LogP contribution in [0.4, 0.5) is 0 Å². The van der Waals surface area contributed by atoms with Crippen LogP contribution in [-0.2, 0) is 6.54 Å². The van der Waals surface area contributed by atoms with E-state index in [9.17, 15) is 0 Å². The molecular formula is C17H26N4. The lowest BCUT2D eigenvalue weighted by molar-refractivity contribution is 0.481. The minimum absolute atomic E-state index is 0.577. The third-order valence-electron chi connectivity index (χ3n) is 3.53. The van der Waals surface area contributed by atoms with Gasteiger partial charge in [0, 0.05) is 13.1 Å². The monoisotopic (exact) mass is 286 g/mol. The van der Waals surface area contributed by atoms with E-state index >= 15 is 0 Å². The van der Waals surface area contributed by atoms with Crippen molar-refractivity contribution in [1.82, 2.24) is 10.6 Å². The molecule has 1 aromatic carbocycles. The number of nitriles is 1. The first kappa shape index (κ1) is 17.0. The standard InChI is InChI=1S/C17H26N4/c1-4-14(5-2)12-20-17(19-6-3)21-13-16-9-7-8-15(10-16)11-18/h7-10,14H,4-6,12-13H2,1-3H3,(H2,19,20,21). The third kappa shape index (κ3) is 6.31. The zero-order chi connectivity index (χ0) is 15.5. The maximum absolute atomic E-state index is 8.91. The average molecular weight is 286 g/mol. The summed E-state index contributed by atoms with van der Waals surface area (Å²) in [6.45, 7) is 8.85. The molecule has 4 nitrogen and oxygen atoms in total. The first-order chi connectivity index (χ1) is 10.2. The largest absolute Gasteiger partial charge is 0.357 e. The van der Waals surface area contributed by atoms with Crippen LogP contribution in [0, 0.1) is 17.2 Å². The predicted octanol–water partition coefficient (Wildman–Crippen LogP) is 3.05. The first-order valence-electron chi connectivity index (χ1n) is 7.74. The SMILES string of the molecule is CCNC(=NCc1cccc(C#N)c1)NCC(CC)CC. The minimum Gasteiger partial charge on any atom is -0.357 e. The van der Waals surface area contributed by atoms with Crippen molar-refractivity contribution >= 4 is 5.96 Å². The maximum atomic E-state index is 8.91. The van der Waals surface area contributed by atoms with Gasteiger partial charge in [-0.1, -0.05) is 38.8 Å². The summed E-state index contributed by atoms with van der Waals surface area (Å²) < 4.78 is 0. The zero-order valence-electron chi connectivity index (χ0n) is 13.3. The quantitative estimate of drug-likeness (QED) is 0.598. The van der Waals surface area contributed by atoms with Crippen LogP contribution in [0.3, 0.4) is 0 Å². The molecule has 0 spiro atoms. The normalized spacial score (nSPS) is 11.3. The Morgan fingerprint density at radius 2 is 2.00 bits per heavy atom. The Morgan fingerprint density at radius 1 is 1.24 bits per heavy atom. The molecule has 1 aromatic rings. The Hall–Kier alpha value is -2.02. The van der Waals surface area contributed by atoms with Crippen LogP contribution in [0.5, 0.6) is 0 Å². The summed E-state index contributed by atoms with van der Waals surface area (Å²) in [7, 11) is 0. The molecule has 21 heavy (non-hydrogen) atoms. The van der Waals surface area contributed by atoms with E-state index in [4.69, 9.17) is 5.26 Å². The Bertz CT molecular complexity index is 484. The zero-order valence-corrected chi connectivity index (χ0v) is 13.3. The van der Waals surface area contributed by atoms with Crippen LogP contribution in [0.25, 0.3) is 0 Å². The van der Waals surface area contributed by atoms with Gasteiger partial charge in [-0.2, -0.15) is 5.26 Å². The minimum atomic E-state index is 0.577. The first-order valence-corrected chi connectivity index (χ1v) is 7.74. The molecule has 114 valence electrons. The van der Waals surface area contributed by atoms with Gasteiger partial charge in [-0.3, -0.25) is 0 Å². The molecular weight excluding hydrogens is 260 g/mol. The second-order valence-corrected chi connectivity index (χ2v) is 5.07. The number of nitrogens with one attached hydrogen (secondary N) is 2. The highest BCUT2D eigenvalue weighted by Crippen LogP contribution is 2.06. The van der Waals surface area contributed by atoms with Crippen LogP contribution in [0.1, 0.15) is 44.7 Å². The van der Waals surface area contributed by atoms with Crippen molar-refractivity contribution in [2.45, 2.75) is 40.2 Å². The number of hydrogen-bond donors (Lipinski definition) is 2. The van der Waals surface area contributed by atoms with Crippen molar-refractivity contribution in [3.63, 3.8) is 0 Å². The number of hydrogen-bond acceptors (Lipinski definition) is 2. The average Bonchev–Trinajstić information content (AvgIpc) is 2.53. The van der Waals surface area contributed by atoms with Gasteiger partial charge in [0.15, 0.2) is 5.96 Å². The highest BCUT2D eigenvalue weighted by molar-refractivity contribution is 5.79. The molecule has 0 atom stereocenters. The smallest absolute Gasteiger partial charge is 0.191 e. The second kappa shape index (κ2) is 9.82. The van der Waals surface area contributed by atoms with E-state index in [0.717, 1.165) is 24.6 Å². The third-order valence-corrected chi connectivity index (χ3v) is 3.53. The molecule has 4 heteroatoms. The van der Waals surface area contributed by atoms with Gasteiger partial charge in [-0.05, 0) is 30.5 Å². The van der Waals surface area contributed by atoms with E-state index < -0.39 is 0 Å². The highest BCUT2D eigenvalue weighted by atomic mass is 15.2. The number of aliphatic imine (C=N–C) groups is 1. The van der Waals surface area contributed by atoms with Crippen molar-refractivity contribution < 1.29 is 0 Å². The number of nitrogens with zero attached hydrogens (tertiary/aromatic N) is 2. The molecule has 0 aromatic heterocycles. The summed E-state index contributed by atoms with van der Waals surface area (Å²) in [4.78, 5) is 4.58. The summed E-state index contributed by atoms with van der Waals surface area (Å²) in [5.41, 5.74) is 1.73.